The molecule has 0 spiro atoms. The van der Waals surface area contributed by atoms with E-state index in [9.17, 15) is 9.59 Å². The third-order valence-corrected chi connectivity index (χ3v) is 13.0. The van der Waals surface area contributed by atoms with Crippen molar-refractivity contribution in [2.75, 3.05) is 69.8 Å². The molecule has 16 nitrogen and oxygen atoms in total. The number of aromatic nitrogens is 2. The number of esters is 2. The summed E-state index contributed by atoms with van der Waals surface area (Å²) in [5.41, 5.74) is 7.83. The molecule has 0 aliphatic heterocycles. The van der Waals surface area contributed by atoms with E-state index in [-0.39, 0.29) is 50.3 Å². The highest BCUT2D eigenvalue weighted by Crippen LogP contribution is 2.46. The van der Waals surface area contributed by atoms with E-state index in [1.54, 1.807) is 20.3 Å². The van der Waals surface area contributed by atoms with Gasteiger partial charge in [-0.05, 0) is 107 Å². The second-order valence-corrected chi connectivity index (χ2v) is 17.7. The van der Waals surface area contributed by atoms with Gasteiger partial charge in [0, 0.05) is 73.4 Å². The molecule has 70 heavy (non-hydrogen) atoms. The second-order valence-electron chi connectivity index (χ2n) is 16.9. The molecule has 4 N–H and O–H groups in total. The number of methoxy groups -OCH3 is 6. The van der Waals surface area contributed by atoms with Crippen LogP contribution in [0.3, 0.4) is 0 Å². The molecular weight excluding hydrogens is 967 g/mol. The molecular formula is C52H64BBrN2O14. The highest BCUT2D eigenvalue weighted by molar-refractivity contribution is 9.10. The lowest BCUT2D eigenvalue weighted by atomic mass is 9.79. The molecule has 4 aromatic carbocycles. The van der Waals surface area contributed by atoms with Gasteiger partial charge in [-0.1, -0.05) is 56.7 Å². The standard InChI is InChI=1S/C26H31NO6.C16H18BrNO2.C10H15BO6/c1-29-15-32-19-10-12-21(23(14-19)33-16-30-2)25-24(17-7-5-4-6-8-17)20-11-9-18(26(28)31-3)13-22(20)27-25;1-20-16(19)11-7-8-12-13(9-11)18-15(17)14(12)10-5-3-2-4-6-10;1-14-6-16-8-3-4-9(11(12)13)10(5-8)17-7-15-2/h9-14,17,27H,4-8,15-16H2,1-3H3;7-10,18H,2-6H2,1H3;3-5,12-13H,6-7H2,1-2H3. The highest BCUT2D eigenvalue weighted by atomic mass is 79.9. The van der Waals surface area contributed by atoms with Crippen molar-refractivity contribution in [2.24, 2.45) is 0 Å². The molecule has 2 saturated carbocycles. The van der Waals surface area contributed by atoms with Crippen molar-refractivity contribution in [3.63, 3.8) is 0 Å². The monoisotopic (exact) mass is 1030 g/mol. The zero-order chi connectivity index (χ0) is 50.0. The van der Waals surface area contributed by atoms with Gasteiger partial charge in [0.15, 0.2) is 27.2 Å². The summed E-state index contributed by atoms with van der Waals surface area (Å²) in [5.74, 6) is 2.50. The van der Waals surface area contributed by atoms with Crippen LogP contribution in [0.2, 0.25) is 0 Å². The zero-order valence-electron chi connectivity index (χ0n) is 40.7. The van der Waals surface area contributed by atoms with Crippen LogP contribution in [0.1, 0.15) is 108 Å². The first-order valence-electron chi connectivity index (χ1n) is 23.3. The van der Waals surface area contributed by atoms with E-state index in [1.807, 2.05) is 54.6 Å². The minimum absolute atomic E-state index is 0.00739. The van der Waals surface area contributed by atoms with Crippen LogP contribution in [0.25, 0.3) is 33.1 Å². The maximum absolute atomic E-state index is 12.1. The van der Waals surface area contributed by atoms with Crippen LogP contribution in [0.15, 0.2) is 77.4 Å². The number of nitrogens with one attached hydrogen (secondary N) is 2. The second kappa shape index (κ2) is 27.1. The lowest BCUT2D eigenvalue weighted by Crippen LogP contribution is -2.31. The van der Waals surface area contributed by atoms with Crippen LogP contribution in [-0.2, 0) is 28.4 Å². The maximum atomic E-state index is 12.1. The Balaban J connectivity index is 0.000000186. The van der Waals surface area contributed by atoms with Crippen LogP contribution in [-0.4, -0.2) is 109 Å². The molecule has 0 saturated heterocycles. The molecule has 2 aliphatic carbocycles. The van der Waals surface area contributed by atoms with E-state index in [1.165, 1.54) is 108 Å². The van der Waals surface area contributed by atoms with Gasteiger partial charge >= 0.3 is 19.1 Å². The summed E-state index contributed by atoms with van der Waals surface area (Å²) >= 11 is 3.65. The number of hydrogen-bond acceptors (Lipinski definition) is 14. The van der Waals surface area contributed by atoms with Crippen LogP contribution < -0.4 is 24.4 Å². The topological polar surface area (TPSA) is 198 Å². The molecule has 2 heterocycles. The number of hydrogen-bond donors (Lipinski definition) is 4. The summed E-state index contributed by atoms with van der Waals surface area (Å²) in [5, 5.41) is 20.6. The van der Waals surface area contributed by atoms with Crippen molar-refractivity contribution in [2.45, 2.75) is 76.0 Å². The number of ether oxygens (including phenoxy) is 10. The van der Waals surface area contributed by atoms with Gasteiger partial charge in [-0.15, -0.1) is 0 Å². The summed E-state index contributed by atoms with van der Waals surface area (Å²) in [6.45, 7) is 0.378. The van der Waals surface area contributed by atoms with Crippen molar-refractivity contribution >= 4 is 62.3 Å². The lowest BCUT2D eigenvalue weighted by molar-refractivity contribution is 0.0460. The van der Waals surface area contributed by atoms with Gasteiger partial charge in [-0.25, -0.2) is 9.59 Å². The predicted molar refractivity (Wildman–Crippen MR) is 270 cm³/mol. The number of carbonyl (C=O) groups excluding carboxylic acids is 2. The van der Waals surface area contributed by atoms with Crippen molar-refractivity contribution < 1.29 is 67.0 Å². The summed E-state index contributed by atoms with van der Waals surface area (Å²) in [7, 11) is 7.35. The minimum Gasteiger partial charge on any atom is -0.468 e. The molecule has 0 bridgehead atoms. The molecule has 0 radical (unpaired) electrons. The third kappa shape index (κ3) is 13.8. The molecule has 18 heteroatoms. The Bertz CT molecular complexity index is 2620. The van der Waals surface area contributed by atoms with E-state index in [0.717, 1.165) is 45.1 Å². The Morgan fingerprint density at radius 3 is 1.53 bits per heavy atom. The van der Waals surface area contributed by atoms with Crippen LogP contribution >= 0.6 is 15.9 Å². The summed E-state index contributed by atoms with van der Waals surface area (Å²) in [6, 6.07) is 21.9. The SMILES string of the molecule is COC(=O)c1ccc2c(C3CCCCC3)c(Br)[nH]c2c1.COCOc1ccc(-c2[nH]c3cc(C(=O)OC)ccc3c2C2CCCCC2)c(OCOC)c1.COCOc1ccc(B(O)O)c(OCOC)c1. The van der Waals surface area contributed by atoms with Gasteiger partial charge in [0.2, 0.25) is 0 Å². The first-order valence-corrected chi connectivity index (χ1v) is 24.1. The fourth-order valence-electron chi connectivity index (χ4n) is 9.07. The Hall–Kier alpha value is -5.60. The molecule has 376 valence electrons. The van der Waals surface area contributed by atoms with Gasteiger partial charge < -0.3 is 67.4 Å². The first-order chi connectivity index (χ1) is 34.0. The van der Waals surface area contributed by atoms with Crippen molar-refractivity contribution in [1.82, 2.24) is 9.97 Å². The van der Waals surface area contributed by atoms with E-state index in [2.05, 4.69) is 25.9 Å². The summed E-state index contributed by atoms with van der Waals surface area (Å²) < 4.78 is 52.4. The molecule has 2 fully saturated rings. The fourth-order valence-corrected chi connectivity index (χ4v) is 9.82. The van der Waals surface area contributed by atoms with Crippen molar-refractivity contribution in [3.05, 3.63) is 99.7 Å². The third-order valence-electron chi connectivity index (χ3n) is 12.3. The van der Waals surface area contributed by atoms with Crippen molar-refractivity contribution in [3.8, 4) is 34.3 Å². The molecule has 2 aliphatic rings. The first kappa shape index (κ1) is 53.8. The minimum atomic E-state index is -1.61. The average molecular weight is 1030 g/mol. The highest BCUT2D eigenvalue weighted by Gasteiger charge is 2.27. The van der Waals surface area contributed by atoms with E-state index in [4.69, 9.17) is 57.4 Å². The molecule has 6 aromatic rings. The van der Waals surface area contributed by atoms with E-state index < -0.39 is 7.12 Å². The number of benzene rings is 4. The Kier molecular flexibility index (Phi) is 20.8. The smallest absolute Gasteiger partial charge is 0.468 e. The number of carbonyl (C=O) groups is 2. The summed E-state index contributed by atoms with van der Waals surface area (Å²) in [6.07, 6.45) is 12.5. The lowest BCUT2D eigenvalue weighted by Gasteiger charge is -2.23. The predicted octanol–water partition coefficient (Wildman–Crippen LogP) is 9.73. The van der Waals surface area contributed by atoms with Gasteiger partial charge in [0.05, 0.1) is 35.6 Å². The van der Waals surface area contributed by atoms with Crippen molar-refractivity contribution in [1.29, 1.82) is 0 Å². The van der Waals surface area contributed by atoms with Crippen LogP contribution in [0.4, 0.5) is 0 Å². The molecule has 8 rings (SSSR count). The maximum Gasteiger partial charge on any atom is 0.492 e. The zero-order valence-corrected chi connectivity index (χ0v) is 42.3. The fraction of sp³-hybridized carbons (Fsp3) is 0.423. The summed E-state index contributed by atoms with van der Waals surface area (Å²) in [4.78, 5) is 30.7. The molecule has 0 unspecified atom stereocenters. The van der Waals surface area contributed by atoms with Gasteiger partial charge in [-0.3, -0.25) is 0 Å². The average Bonchev–Trinajstić information content (AvgIpc) is 3.94. The van der Waals surface area contributed by atoms with E-state index >= 15 is 0 Å². The van der Waals surface area contributed by atoms with Gasteiger partial charge in [0.1, 0.15) is 23.0 Å². The number of rotatable bonds is 18. The molecule has 0 atom stereocenters. The quantitative estimate of drug-likeness (QED) is 0.0360. The van der Waals surface area contributed by atoms with Crippen LogP contribution in [0.5, 0.6) is 23.0 Å². The normalized spacial score (nSPS) is 14.0. The number of H-pyrrole nitrogens is 2. The number of aromatic amines is 2. The van der Waals surface area contributed by atoms with Crippen LogP contribution in [0, 0.1) is 0 Å². The Morgan fingerprint density at radius 1 is 0.557 bits per heavy atom. The van der Waals surface area contributed by atoms with E-state index in [0.29, 0.717) is 40.2 Å². The number of halogens is 1. The molecule has 0 amide bonds. The Morgan fingerprint density at radius 2 is 1.01 bits per heavy atom. The number of fused-ring (bicyclic) bond motifs is 2. The van der Waals surface area contributed by atoms with Gasteiger partial charge in [-0.2, -0.15) is 0 Å². The van der Waals surface area contributed by atoms with Gasteiger partial charge in [0.25, 0.3) is 0 Å². The Labute approximate surface area is 417 Å². The largest absolute Gasteiger partial charge is 0.492 e. The molecule has 2 aromatic heterocycles.